The Bertz CT molecular complexity index is 648. The van der Waals surface area contributed by atoms with E-state index in [0.717, 1.165) is 38.5 Å². The van der Waals surface area contributed by atoms with Crippen LogP contribution in [-0.2, 0) is 0 Å². The monoisotopic (exact) mass is 689 g/mol. The first-order chi connectivity index (χ1) is 23.4. The summed E-state index contributed by atoms with van der Waals surface area (Å²) in [6.07, 6.45) is 25.2. The molecule has 0 aromatic rings. The zero-order chi connectivity index (χ0) is 35.5. The van der Waals surface area contributed by atoms with E-state index in [9.17, 15) is 40.9 Å². The molecule has 8 heteroatoms. The first kappa shape index (κ1) is 45.7. The minimum Gasteiger partial charge on any atom is -0.396 e. The van der Waals surface area contributed by atoms with Crippen LogP contribution in [0, 0.1) is 21.7 Å². The fourth-order valence-corrected chi connectivity index (χ4v) is 10.8. The van der Waals surface area contributed by atoms with Gasteiger partial charge in [0.2, 0.25) is 0 Å². The molecular weight excluding hydrogens is 608 g/mol. The molecule has 8 nitrogen and oxygen atoms in total. The van der Waals surface area contributed by atoms with Crippen LogP contribution in [0.25, 0.3) is 0 Å². The molecule has 0 saturated heterocycles. The maximum Gasteiger partial charge on any atom is 0.0436 e. The van der Waals surface area contributed by atoms with E-state index in [1.165, 1.54) is 77.0 Å². The summed E-state index contributed by atoms with van der Waals surface area (Å²) >= 11 is 0. The van der Waals surface area contributed by atoms with Gasteiger partial charge in [0.05, 0.1) is 0 Å². The molecule has 0 heterocycles. The van der Waals surface area contributed by atoms with E-state index in [-0.39, 0.29) is 78.5 Å². The van der Waals surface area contributed by atoms with Crippen LogP contribution < -0.4 is 0 Å². The minimum atomic E-state index is -0.904. The molecule has 1 fully saturated rings. The highest BCUT2D eigenvalue weighted by Gasteiger charge is 2.66. The molecule has 48 heavy (non-hydrogen) atoms. The Balaban J connectivity index is 3.87. The summed E-state index contributed by atoms with van der Waals surface area (Å²) in [5.41, 5.74) is -3.23. The third kappa shape index (κ3) is 13.0. The smallest absolute Gasteiger partial charge is 0.0436 e. The molecule has 288 valence electrons. The van der Waals surface area contributed by atoms with Gasteiger partial charge in [-0.3, -0.25) is 0 Å². The highest BCUT2D eigenvalue weighted by atomic mass is 16.3. The SMILES string of the molecule is OCCC1(CCO)CCCCCCCCCCCCCCCCCCCCC(CCO)(CCO)C(CCO)(CCO)C1(CCO)CCO. The Morgan fingerprint density at radius 1 is 0.229 bits per heavy atom. The van der Waals surface area contributed by atoms with E-state index < -0.39 is 21.7 Å². The number of hydrogen-bond donors (Lipinski definition) is 8. The van der Waals surface area contributed by atoms with Crippen molar-refractivity contribution in [1.29, 1.82) is 0 Å². The van der Waals surface area contributed by atoms with Crippen LogP contribution in [0.3, 0.4) is 0 Å². The molecule has 1 saturated carbocycles. The van der Waals surface area contributed by atoms with E-state index in [2.05, 4.69) is 0 Å². The van der Waals surface area contributed by atoms with Crippen LogP contribution in [0.2, 0.25) is 0 Å². The van der Waals surface area contributed by atoms with Crippen LogP contribution >= 0.6 is 0 Å². The topological polar surface area (TPSA) is 162 Å². The van der Waals surface area contributed by atoms with Crippen molar-refractivity contribution in [2.45, 2.75) is 180 Å². The Hall–Kier alpha value is -0.320. The molecule has 0 amide bonds. The van der Waals surface area contributed by atoms with Gasteiger partial charge in [-0.1, -0.05) is 116 Å². The van der Waals surface area contributed by atoms with E-state index in [0.29, 0.717) is 38.5 Å². The normalized spacial score (nSPS) is 22.5. The van der Waals surface area contributed by atoms with Gasteiger partial charge in [0.25, 0.3) is 0 Å². The van der Waals surface area contributed by atoms with Crippen molar-refractivity contribution in [3.8, 4) is 0 Å². The van der Waals surface area contributed by atoms with Gasteiger partial charge in [-0.25, -0.2) is 0 Å². The van der Waals surface area contributed by atoms with Crippen molar-refractivity contribution < 1.29 is 40.9 Å². The summed E-state index contributed by atoms with van der Waals surface area (Å²) in [5, 5.41) is 86.2. The van der Waals surface area contributed by atoms with Gasteiger partial charge < -0.3 is 40.9 Å². The second-order valence-electron chi connectivity index (χ2n) is 15.4. The molecule has 1 rings (SSSR count). The quantitative estimate of drug-likeness (QED) is 0.0878. The fourth-order valence-electron chi connectivity index (χ4n) is 10.8. The van der Waals surface area contributed by atoms with Crippen molar-refractivity contribution in [1.82, 2.24) is 0 Å². The summed E-state index contributed by atoms with van der Waals surface area (Å²) in [5.74, 6) is 0. The Morgan fingerprint density at radius 3 is 0.562 bits per heavy atom. The molecule has 1 aliphatic rings. The average molecular weight is 689 g/mol. The summed E-state index contributed by atoms with van der Waals surface area (Å²) in [7, 11) is 0. The lowest BCUT2D eigenvalue weighted by molar-refractivity contribution is -0.220. The minimum absolute atomic E-state index is 0.125. The summed E-state index contributed by atoms with van der Waals surface area (Å²) in [6, 6.07) is 0. The zero-order valence-corrected chi connectivity index (χ0v) is 31.0. The van der Waals surface area contributed by atoms with Crippen molar-refractivity contribution in [3.05, 3.63) is 0 Å². The van der Waals surface area contributed by atoms with Gasteiger partial charge in [0, 0.05) is 52.9 Å². The summed E-state index contributed by atoms with van der Waals surface area (Å²) in [4.78, 5) is 0. The molecule has 0 unspecified atom stereocenters. The molecular formula is C40H80O8. The van der Waals surface area contributed by atoms with Crippen LogP contribution in [0.5, 0.6) is 0 Å². The highest BCUT2D eigenvalue weighted by molar-refractivity contribution is 5.14. The maximum absolute atomic E-state index is 10.9. The first-order valence-corrected chi connectivity index (χ1v) is 20.3. The van der Waals surface area contributed by atoms with E-state index in [4.69, 9.17) is 0 Å². The van der Waals surface area contributed by atoms with Crippen molar-refractivity contribution in [3.63, 3.8) is 0 Å². The number of rotatable bonds is 16. The van der Waals surface area contributed by atoms with E-state index >= 15 is 0 Å². The number of hydrogen-bond acceptors (Lipinski definition) is 8. The van der Waals surface area contributed by atoms with E-state index in [1.807, 2.05) is 0 Å². The molecule has 0 aromatic heterocycles. The van der Waals surface area contributed by atoms with Gasteiger partial charge in [-0.2, -0.15) is 0 Å². The third-order valence-corrected chi connectivity index (χ3v) is 13.0. The van der Waals surface area contributed by atoms with Crippen LogP contribution in [0.15, 0.2) is 0 Å². The van der Waals surface area contributed by atoms with Crippen LogP contribution in [-0.4, -0.2) is 93.7 Å². The molecule has 0 aliphatic heterocycles. The standard InChI is InChI=1S/C40H80O8/c41-29-21-37(22-30-42)19-17-15-13-11-9-7-5-3-1-2-4-6-8-10-12-14-16-18-20-38(23-31-43,24-32-44)40(27-35-47,28-36-48)39(37,25-33-45)26-34-46/h41-48H,1-36H2. The first-order valence-electron chi connectivity index (χ1n) is 20.3. The van der Waals surface area contributed by atoms with Gasteiger partial charge in [-0.15, -0.1) is 0 Å². The third-order valence-electron chi connectivity index (χ3n) is 13.0. The van der Waals surface area contributed by atoms with Gasteiger partial charge >= 0.3 is 0 Å². The van der Waals surface area contributed by atoms with E-state index in [1.54, 1.807) is 0 Å². The van der Waals surface area contributed by atoms with Crippen molar-refractivity contribution in [2.24, 2.45) is 21.7 Å². The number of aliphatic hydroxyl groups excluding tert-OH is 8. The lowest BCUT2D eigenvalue weighted by atomic mass is 9.36. The molecule has 0 atom stereocenters. The fraction of sp³-hybridized carbons (Fsp3) is 1.00. The van der Waals surface area contributed by atoms with Gasteiger partial charge in [0.15, 0.2) is 0 Å². The molecule has 8 N–H and O–H groups in total. The predicted molar refractivity (Wildman–Crippen MR) is 196 cm³/mol. The average Bonchev–Trinajstić information content (AvgIpc) is 3.06. The lowest BCUT2D eigenvalue weighted by Gasteiger charge is -2.68. The van der Waals surface area contributed by atoms with Gasteiger partial charge in [0.1, 0.15) is 0 Å². The predicted octanol–water partition coefficient (Wildman–Crippen LogP) is 6.81. The summed E-state index contributed by atoms with van der Waals surface area (Å²) < 4.78 is 0. The second-order valence-corrected chi connectivity index (χ2v) is 15.4. The van der Waals surface area contributed by atoms with Crippen LogP contribution in [0.1, 0.15) is 180 Å². The second kappa shape index (κ2) is 27.3. The molecule has 1 aliphatic carbocycles. The molecule has 0 bridgehead atoms. The highest BCUT2D eigenvalue weighted by Crippen LogP contribution is 2.71. The Labute approximate surface area is 294 Å². The summed E-state index contributed by atoms with van der Waals surface area (Å²) in [6.45, 7) is -1.26. The number of aliphatic hydroxyl groups is 8. The Kier molecular flexibility index (Phi) is 26.0. The molecule has 0 aromatic carbocycles. The van der Waals surface area contributed by atoms with Crippen molar-refractivity contribution in [2.75, 3.05) is 52.9 Å². The Morgan fingerprint density at radius 2 is 0.396 bits per heavy atom. The lowest BCUT2D eigenvalue weighted by Crippen LogP contribution is -2.63. The molecule has 0 radical (unpaired) electrons. The largest absolute Gasteiger partial charge is 0.396 e. The van der Waals surface area contributed by atoms with Crippen LogP contribution in [0.4, 0.5) is 0 Å². The molecule has 0 spiro atoms. The van der Waals surface area contributed by atoms with Gasteiger partial charge in [-0.05, 0) is 85.9 Å². The maximum atomic E-state index is 10.9. The van der Waals surface area contributed by atoms with Crippen molar-refractivity contribution >= 4 is 0 Å². The zero-order valence-electron chi connectivity index (χ0n) is 31.0.